The third-order valence-electron chi connectivity index (χ3n) is 2.07. The molecular weight excluding hydrogens is 271 g/mol. The van der Waals surface area contributed by atoms with Crippen LogP contribution in [-0.2, 0) is 10.4 Å². The maximum absolute atomic E-state index is 11.2. The van der Waals surface area contributed by atoms with Gasteiger partial charge < -0.3 is 9.53 Å². The Hall–Kier alpha value is -0.570. The van der Waals surface area contributed by atoms with Crippen LogP contribution in [0.4, 0.5) is 0 Å². The number of benzene rings is 1. The molecule has 94 valence electrons. The second-order valence-corrected chi connectivity index (χ2v) is 4.13. The zero-order valence-corrected chi connectivity index (χ0v) is 12.8. The Balaban J connectivity index is 0.000000421. The minimum Gasteiger partial charge on any atom is -0.499 e. The van der Waals surface area contributed by atoms with Gasteiger partial charge in [0.05, 0.1) is 12.9 Å². The molecule has 18 heavy (non-hydrogen) atoms. The summed E-state index contributed by atoms with van der Waals surface area (Å²) in [7, 11) is -3.06. The van der Waals surface area contributed by atoms with Gasteiger partial charge in [-0.25, -0.2) is 0 Å². The fourth-order valence-electron chi connectivity index (χ4n) is 1.39. The van der Waals surface area contributed by atoms with Gasteiger partial charge in [-0.1, -0.05) is 17.7 Å². The standard InChI is InChI=1S/C10H9O2.Na.H2O4S/c1-12-8-4-2-7-3-5-10(11)9(7)6-8;;1-5(2,3)4/h2-4,6H,5H2,1H3;;(H2,1,2,3,4)/q-1;+1;. The van der Waals surface area contributed by atoms with Gasteiger partial charge >= 0.3 is 40.0 Å². The van der Waals surface area contributed by atoms with Gasteiger partial charge in [-0.15, -0.1) is 0 Å². The average Bonchev–Trinajstić information content (AvgIpc) is 2.57. The van der Waals surface area contributed by atoms with E-state index in [9.17, 15) is 4.79 Å². The summed E-state index contributed by atoms with van der Waals surface area (Å²) in [6.45, 7) is 0. The molecule has 6 nitrogen and oxygen atoms in total. The van der Waals surface area contributed by atoms with Crippen LogP contribution in [0.15, 0.2) is 18.2 Å². The minimum absolute atomic E-state index is 0. The number of hydrogen-bond donors (Lipinski definition) is 2. The molecule has 0 aliphatic heterocycles. The Kier molecular flexibility index (Phi) is 6.90. The number of rotatable bonds is 1. The van der Waals surface area contributed by atoms with E-state index in [4.69, 9.17) is 22.3 Å². The number of carbonyl (C=O) groups excluding carboxylic acids is 1. The molecule has 1 aromatic carbocycles. The third-order valence-corrected chi connectivity index (χ3v) is 2.07. The average molecular weight is 282 g/mol. The number of hydrogen-bond acceptors (Lipinski definition) is 4. The van der Waals surface area contributed by atoms with Crippen LogP contribution in [0.25, 0.3) is 0 Å². The Bertz CT molecular complexity index is 517. The maximum atomic E-state index is 11.2. The molecule has 0 fully saturated rings. The van der Waals surface area contributed by atoms with Gasteiger partial charge in [0.2, 0.25) is 0 Å². The van der Waals surface area contributed by atoms with Gasteiger partial charge in [-0.05, 0) is 6.42 Å². The number of ketones is 1. The molecule has 0 atom stereocenters. The molecule has 1 aliphatic rings. The molecule has 2 N–H and O–H groups in total. The molecule has 1 aliphatic carbocycles. The summed E-state index contributed by atoms with van der Waals surface area (Å²) in [4.78, 5) is 11.2. The molecule has 0 bridgehead atoms. The van der Waals surface area contributed by atoms with E-state index in [2.05, 4.69) is 0 Å². The maximum Gasteiger partial charge on any atom is 1.00 e. The van der Waals surface area contributed by atoms with Crippen LogP contribution in [0.2, 0.25) is 0 Å². The first kappa shape index (κ1) is 17.4. The van der Waals surface area contributed by atoms with E-state index in [0.717, 1.165) is 16.9 Å². The summed E-state index contributed by atoms with van der Waals surface area (Å²) >= 11 is 0. The van der Waals surface area contributed by atoms with Crippen LogP contribution in [0.3, 0.4) is 0 Å². The molecule has 0 radical (unpaired) electrons. The van der Waals surface area contributed by atoms with E-state index in [1.807, 2.05) is 18.6 Å². The monoisotopic (exact) mass is 282 g/mol. The van der Waals surface area contributed by atoms with Crippen LogP contribution in [0.5, 0.6) is 5.75 Å². The molecule has 0 unspecified atom stereocenters. The van der Waals surface area contributed by atoms with E-state index in [1.54, 1.807) is 13.2 Å². The Morgan fingerprint density at radius 2 is 1.89 bits per heavy atom. The molecule has 2 rings (SSSR count). The molecule has 0 saturated heterocycles. The second kappa shape index (κ2) is 7.13. The van der Waals surface area contributed by atoms with Gasteiger partial charge in [-0.3, -0.25) is 9.11 Å². The quantitative estimate of drug-likeness (QED) is 0.357. The molecule has 0 heterocycles. The molecule has 0 amide bonds. The zero-order valence-electron chi connectivity index (χ0n) is 9.95. The van der Waals surface area contributed by atoms with E-state index < -0.39 is 10.4 Å². The summed E-state index contributed by atoms with van der Waals surface area (Å²) in [6, 6.07) is 5.58. The summed E-state index contributed by atoms with van der Waals surface area (Å²) < 4.78 is 36.6. The first-order valence-corrected chi connectivity index (χ1v) is 5.95. The summed E-state index contributed by atoms with van der Waals surface area (Å²) in [5, 5.41) is 0. The van der Waals surface area contributed by atoms with Crippen molar-refractivity contribution < 1.29 is 56.6 Å². The fourth-order valence-corrected chi connectivity index (χ4v) is 1.39. The van der Waals surface area contributed by atoms with Gasteiger partial charge in [-0.2, -0.15) is 26.5 Å². The van der Waals surface area contributed by atoms with Crippen molar-refractivity contribution in [1.29, 1.82) is 0 Å². The van der Waals surface area contributed by atoms with Crippen molar-refractivity contribution in [2.45, 2.75) is 6.42 Å². The molecule has 0 saturated carbocycles. The Morgan fingerprint density at radius 1 is 1.33 bits per heavy atom. The predicted octanol–water partition coefficient (Wildman–Crippen LogP) is -1.81. The van der Waals surface area contributed by atoms with E-state index in [0.29, 0.717) is 6.42 Å². The molecular formula is C10H11NaO6S. The number of methoxy groups -OCH3 is 1. The predicted molar refractivity (Wildman–Crippen MR) is 59.5 cm³/mol. The van der Waals surface area contributed by atoms with Crippen molar-refractivity contribution in [2.75, 3.05) is 7.11 Å². The normalized spacial score (nSPS) is 12.5. The second-order valence-electron chi connectivity index (χ2n) is 3.23. The van der Waals surface area contributed by atoms with Gasteiger partial charge in [0, 0.05) is 0 Å². The smallest absolute Gasteiger partial charge is 0.499 e. The Morgan fingerprint density at radius 3 is 2.39 bits per heavy atom. The van der Waals surface area contributed by atoms with Crippen molar-refractivity contribution >= 4 is 16.2 Å². The molecule has 0 aromatic heterocycles. The van der Waals surface area contributed by atoms with E-state index >= 15 is 0 Å². The fraction of sp³-hybridized carbons (Fsp3) is 0.200. The molecule has 0 spiro atoms. The van der Waals surface area contributed by atoms with Crippen LogP contribution in [-0.4, -0.2) is 30.4 Å². The van der Waals surface area contributed by atoms with Gasteiger partial charge in [0.1, 0.15) is 5.78 Å². The Labute approximate surface area is 127 Å². The van der Waals surface area contributed by atoms with Crippen molar-refractivity contribution in [1.82, 2.24) is 0 Å². The van der Waals surface area contributed by atoms with Crippen LogP contribution < -0.4 is 34.3 Å². The summed E-state index contributed by atoms with van der Waals surface area (Å²) in [5.41, 5.74) is 1.81. The largest absolute Gasteiger partial charge is 1.00 e. The zero-order chi connectivity index (χ0) is 13.1. The first-order valence-electron chi connectivity index (χ1n) is 4.55. The minimum atomic E-state index is -4.67. The van der Waals surface area contributed by atoms with Gasteiger partial charge in [0.15, 0.2) is 0 Å². The van der Waals surface area contributed by atoms with Crippen LogP contribution in [0, 0.1) is 6.42 Å². The number of ether oxygens (including phenoxy) is 1. The van der Waals surface area contributed by atoms with E-state index in [-0.39, 0.29) is 35.3 Å². The van der Waals surface area contributed by atoms with Crippen molar-refractivity contribution in [3.8, 4) is 5.75 Å². The van der Waals surface area contributed by atoms with E-state index in [1.165, 1.54) is 0 Å². The van der Waals surface area contributed by atoms with Gasteiger partial charge in [0.25, 0.3) is 0 Å². The first-order chi connectivity index (χ1) is 7.81. The van der Waals surface area contributed by atoms with Crippen molar-refractivity contribution in [3.05, 3.63) is 35.7 Å². The summed E-state index contributed by atoms with van der Waals surface area (Å²) in [6.07, 6.45) is 2.47. The topological polar surface area (TPSA) is 101 Å². The number of Topliss-reactive ketones (excluding diaryl/α,β-unsaturated/α-hetero) is 1. The van der Waals surface area contributed by atoms with Crippen molar-refractivity contribution in [3.63, 3.8) is 0 Å². The molecule has 8 heteroatoms. The molecule has 1 aromatic rings. The number of fused-ring (bicyclic) bond motifs is 1. The van der Waals surface area contributed by atoms with Crippen LogP contribution >= 0.6 is 0 Å². The number of carbonyl (C=O) groups is 1. The SMILES string of the molecule is COc1ccc2c(c1)C(=O)C[CH-]2.O=S(=O)(O)O.[Na+]. The third kappa shape index (κ3) is 5.85. The summed E-state index contributed by atoms with van der Waals surface area (Å²) in [5.74, 6) is 0.932. The van der Waals surface area contributed by atoms with Crippen LogP contribution in [0.1, 0.15) is 22.3 Å². The van der Waals surface area contributed by atoms with Crippen molar-refractivity contribution in [2.24, 2.45) is 0 Å².